The van der Waals surface area contributed by atoms with E-state index < -0.39 is 0 Å². The van der Waals surface area contributed by atoms with Gasteiger partial charge in [-0.3, -0.25) is 0 Å². The molecule has 0 aromatic rings. The highest BCUT2D eigenvalue weighted by Crippen LogP contribution is 2.38. The molecule has 0 heterocycles. The van der Waals surface area contributed by atoms with Crippen LogP contribution in [0.15, 0.2) is 0 Å². The Bertz CT molecular complexity index is 214. The fourth-order valence-electron chi connectivity index (χ4n) is 3.18. The zero-order valence-corrected chi connectivity index (χ0v) is 11.3. The Hall–Kier alpha value is 0.270. The number of nitrogens with one attached hydrogen (secondary N) is 1. The standard InChI is InChI=1S/C13H26N2S/c1-16-13(7-3-2-4-8-13)10-15-12-6-5-11(14)9-12/h11-12,15H,2-10,14H2,1H3. The minimum Gasteiger partial charge on any atom is -0.328 e. The second-order valence-corrected chi connectivity index (χ2v) is 6.87. The lowest BCUT2D eigenvalue weighted by molar-refractivity contribution is 0.361. The SMILES string of the molecule is CSC1(CNC2CCC(N)C2)CCCCC1. The van der Waals surface area contributed by atoms with E-state index >= 15 is 0 Å². The fourth-order valence-corrected chi connectivity index (χ4v) is 4.11. The first-order valence-electron chi connectivity index (χ1n) is 6.78. The Labute approximate surface area is 104 Å². The number of hydrogen-bond donors (Lipinski definition) is 2. The molecule has 0 radical (unpaired) electrons. The van der Waals surface area contributed by atoms with Crippen LogP contribution < -0.4 is 11.1 Å². The molecule has 0 aromatic carbocycles. The second kappa shape index (κ2) is 5.74. The van der Waals surface area contributed by atoms with Crippen LogP contribution in [-0.2, 0) is 0 Å². The van der Waals surface area contributed by atoms with E-state index in [2.05, 4.69) is 23.3 Å². The quantitative estimate of drug-likeness (QED) is 0.795. The molecule has 3 N–H and O–H groups in total. The van der Waals surface area contributed by atoms with Crippen molar-refractivity contribution in [1.82, 2.24) is 5.32 Å². The maximum Gasteiger partial charge on any atom is 0.0281 e. The summed E-state index contributed by atoms with van der Waals surface area (Å²) in [6.45, 7) is 1.20. The molecule has 3 heteroatoms. The third-order valence-electron chi connectivity index (χ3n) is 4.38. The average molecular weight is 242 g/mol. The van der Waals surface area contributed by atoms with Crippen LogP contribution in [0.2, 0.25) is 0 Å². The van der Waals surface area contributed by atoms with Crippen LogP contribution in [0.1, 0.15) is 51.4 Å². The first kappa shape index (κ1) is 12.7. The van der Waals surface area contributed by atoms with Gasteiger partial charge in [-0.1, -0.05) is 19.3 Å². The summed E-state index contributed by atoms with van der Waals surface area (Å²) in [5.74, 6) is 0. The normalized spacial score (nSPS) is 34.1. The Morgan fingerprint density at radius 1 is 1.25 bits per heavy atom. The molecule has 2 saturated carbocycles. The van der Waals surface area contributed by atoms with E-state index in [0.717, 1.165) is 0 Å². The molecule has 2 rings (SSSR count). The van der Waals surface area contributed by atoms with Crippen LogP contribution in [0.25, 0.3) is 0 Å². The van der Waals surface area contributed by atoms with Crippen molar-refractivity contribution < 1.29 is 0 Å². The molecule has 2 unspecified atom stereocenters. The highest BCUT2D eigenvalue weighted by Gasteiger charge is 2.32. The van der Waals surface area contributed by atoms with E-state index in [1.165, 1.54) is 57.9 Å². The average Bonchev–Trinajstić information content (AvgIpc) is 2.74. The Balaban J connectivity index is 1.78. The minimum absolute atomic E-state index is 0.453. The zero-order chi connectivity index (χ0) is 11.4. The van der Waals surface area contributed by atoms with Crippen LogP contribution in [0.4, 0.5) is 0 Å². The van der Waals surface area contributed by atoms with Gasteiger partial charge in [0.25, 0.3) is 0 Å². The molecular weight excluding hydrogens is 216 g/mol. The molecule has 2 atom stereocenters. The fraction of sp³-hybridized carbons (Fsp3) is 1.00. The third-order valence-corrected chi connectivity index (χ3v) is 5.80. The lowest BCUT2D eigenvalue weighted by Crippen LogP contribution is -2.43. The highest BCUT2D eigenvalue weighted by molar-refractivity contribution is 8.00. The predicted octanol–water partition coefficient (Wildman–Crippen LogP) is 2.52. The highest BCUT2D eigenvalue weighted by atomic mass is 32.2. The summed E-state index contributed by atoms with van der Waals surface area (Å²) in [5.41, 5.74) is 5.95. The van der Waals surface area contributed by atoms with E-state index in [9.17, 15) is 0 Å². The molecule has 0 spiro atoms. The van der Waals surface area contributed by atoms with Gasteiger partial charge in [-0.05, 0) is 38.4 Å². The summed E-state index contributed by atoms with van der Waals surface area (Å²) >= 11 is 2.08. The molecule has 2 aliphatic carbocycles. The van der Waals surface area contributed by atoms with Crippen molar-refractivity contribution in [1.29, 1.82) is 0 Å². The smallest absolute Gasteiger partial charge is 0.0281 e. The maximum absolute atomic E-state index is 5.95. The van der Waals surface area contributed by atoms with Crippen LogP contribution in [0, 0.1) is 0 Å². The van der Waals surface area contributed by atoms with Gasteiger partial charge in [-0.15, -0.1) is 0 Å². The van der Waals surface area contributed by atoms with E-state index in [1.807, 2.05) is 0 Å². The summed E-state index contributed by atoms with van der Waals surface area (Å²) in [6, 6.07) is 1.15. The van der Waals surface area contributed by atoms with Crippen molar-refractivity contribution in [2.45, 2.75) is 68.2 Å². The first-order chi connectivity index (χ1) is 7.74. The molecule has 0 aromatic heterocycles. The number of hydrogen-bond acceptors (Lipinski definition) is 3. The molecule has 94 valence electrons. The summed E-state index contributed by atoms with van der Waals surface area (Å²) < 4.78 is 0.533. The van der Waals surface area contributed by atoms with Crippen molar-refractivity contribution in [3.05, 3.63) is 0 Å². The zero-order valence-electron chi connectivity index (χ0n) is 10.5. The molecule has 2 nitrogen and oxygen atoms in total. The molecule has 0 amide bonds. The van der Waals surface area contributed by atoms with Gasteiger partial charge >= 0.3 is 0 Å². The maximum atomic E-state index is 5.95. The number of thioether (sulfide) groups is 1. The van der Waals surface area contributed by atoms with Crippen molar-refractivity contribution >= 4 is 11.8 Å². The monoisotopic (exact) mass is 242 g/mol. The third kappa shape index (κ3) is 3.14. The Kier molecular flexibility index (Phi) is 4.57. The Morgan fingerprint density at radius 2 is 2.00 bits per heavy atom. The minimum atomic E-state index is 0.453. The molecule has 2 aliphatic rings. The second-order valence-electron chi connectivity index (χ2n) is 5.60. The Morgan fingerprint density at radius 3 is 2.56 bits per heavy atom. The van der Waals surface area contributed by atoms with Crippen molar-refractivity contribution in [3.8, 4) is 0 Å². The summed E-state index contributed by atoms with van der Waals surface area (Å²) in [7, 11) is 0. The van der Waals surface area contributed by atoms with Gasteiger partial charge in [0.15, 0.2) is 0 Å². The van der Waals surface area contributed by atoms with Crippen LogP contribution >= 0.6 is 11.8 Å². The van der Waals surface area contributed by atoms with Gasteiger partial charge in [0, 0.05) is 23.4 Å². The predicted molar refractivity (Wildman–Crippen MR) is 72.9 cm³/mol. The first-order valence-corrected chi connectivity index (χ1v) is 8.01. The van der Waals surface area contributed by atoms with Crippen molar-refractivity contribution in [2.24, 2.45) is 5.73 Å². The van der Waals surface area contributed by atoms with E-state index in [0.29, 0.717) is 16.8 Å². The van der Waals surface area contributed by atoms with Gasteiger partial charge in [-0.25, -0.2) is 0 Å². The molecule has 0 saturated heterocycles. The van der Waals surface area contributed by atoms with Gasteiger partial charge in [0.1, 0.15) is 0 Å². The summed E-state index contributed by atoms with van der Waals surface area (Å²) in [6.07, 6.45) is 13.1. The van der Waals surface area contributed by atoms with Gasteiger partial charge in [0.2, 0.25) is 0 Å². The molecule has 0 aliphatic heterocycles. The van der Waals surface area contributed by atoms with Gasteiger partial charge in [0.05, 0.1) is 0 Å². The molecule has 0 bridgehead atoms. The summed E-state index contributed by atoms with van der Waals surface area (Å²) in [4.78, 5) is 0. The molecule has 16 heavy (non-hydrogen) atoms. The van der Waals surface area contributed by atoms with Crippen molar-refractivity contribution in [2.75, 3.05) is 12.8 Å². The van der Waals surface area contributed by atoms with E-state index in [1.54, 1.807) is 0 Å². The number of rotatable bonds is 4. The van der Waals surface area contributed by atoms with E-state index in [-0.39, 0.29) is 0 Å². The van der Waals surface area contributed by atoms with Crippen molar-refractivity contribution in [3.63, 3.8) is 0 Å². The lowest BCUT2D eigenvalue weighted by atomic mass is 9.88. The van der Waals surface area contributed by atoms with Gasteiger partial charge < -0.3 is 11.1 Å². The number of nitrogens with two attached hydrogens (primary N) is 1. The summed E-state index contributed by atoms with van der Waals surface area (Å²) in [5, 5.41) is 3.77. The topological polar surface area (TPSA) is 38.0 Å². The molecule has 2 fully saturated rings. The van der Waals surface area contributed by atoms with Crippen LogP contribution in [-0.4, -0.2) is 29.6 Å². The van der Waals surface area contributed by atoms with E-state index in [4.69, 9.17) is 5.73 Å². The molecular formula is C13H26N2S. The largest absolute Gasteiger partial charge is 0.328 e. The van der Waals surface area contributed by atoms with Crippen LogP contribution in [0.5, 0.6) is 0 Å². The van der Waals surface area contributed by atoms with Crippen LogP contribution in [0.3, 0.4) is 0 Å². The van der Waals surface area contributed by atoms with Gasteiger partial charge in [-0.2, -0.15) is 11.8 Å². The lowest BCUT2D eigenvalue weighted by Gasteiger charge is -2.37.